The Morgan fingerprint density at radius 2 is 1.94 bits per heavy atom. The molecule has 0 aliphatic carbocycles. The van der Waals surface area contributed by atoms with Crippen molar-refractivity contribution in [1.29, 1.82) is 0 Å². The number of cyclic esters (lactones) is 1. The summed E-state index contributed by atoms with van der Waals surface area (Å²) in [5, 5.41) is 2.63. The van der Waals surface area contributed by atoms with Crippen LogP contribution in [-0.2, 0) is 9.53 Å². The third-order valence-corrected chi connectivity index (χ3v) is 5.54. The molecule has 3 heterocycles. The molecule has 0 saturated carbocycles. The largest absolute Gasteiger partial charge is 0.442 e. The number of anilines is 3. The molecule has 0 bridgehead atoms. The second-order valence-corrected chi connectivity index (χ2v) is 7.66. The van der Waals surface area contributed by atoms with Gasteiger partial charge in [-0.15, -0.1) is 0 Å². The molecule has 2 aliphatic rings. The summed E-state index contributed by atoms with van der Waals surface area (Å²) >= 11 is 0. The number of hydrogen-bond acceptors (Lipinski definition) is 7. The highest BCUT2D eigenvalue weighted by Crippen LogP contribution is 2.29. The van der Waals surface area contributed by atoms with E-state index < -0.39 is 12.2 Å². The van der Waals surface area contributed by atoms with Crippen molar-refractivity contribution in [3.05, 3.63) is 42.2 Å². The summed E-state index contributed by atoms with van der Waals surface area (Å²) in [7, 11) is 0. The van der Waals surface area contributed by atoms with Gasteiger partial charge in [-0.25, -0.2) is 19.2 Å². The summed E-state index contributed by atoms with van der Waals surface area (Å²) in [4.78, 5) is 37.1. The fraction of sp³-hybridized carbons (Fsp3) is 0.429. The monoisotopic (exact) mass is 428 g/mol. The fourth-order valence-electron chi connectivity index (χ4n) is 3.90. The zero-order valence-corrected chi connectivity index (χ0v) is 17.5. The van der Waals surface area contributed by atoms with Gasteiger partial charge in [0.1, 0.15) is 18.2 Å². The number of nitrogens with one attached hydrogen (secondary N) is 1. The lowest BCUT2D eigenvalue weighted by molar-refractivity contribution is -0.119. The number of halogens is 1. The number of aromatic nitrogens is 2. The van der Waals surface area contributed by atoms with Gasteiger partial charge in [0.25, 0.3) is 0 Å². The first kappa shape index (κ1) is 20.8. The lowest BCUT2D eigenvalue weighted by atomic mass is 10.2. The van der Waals surface area contributed by atoms with Crippen LogP contribution in [0.5, 0.6) is 0 Å². The van der Waals surface area contributed by atoms with E-state index in [0.29, 0.717) is 24.5 Å². The van der Waals surface area contributed by atoms with Gasteiger partial charge in [-0.2, -0.15) is 0 Å². The number of piperazine rings is 1. The summed E-state index contributed by atoms with van der Waals surface area (Å²) in [5.41, 5.74) is 2.87. The molecule has 1 N–H and O–H groups in total. The van der Waals surface area contributed by atoms with E-state index in [0.717, 1.165) is 24.5 Å². The van der Waals surface area contributed by atoms with Crippen LogP contribution in [0.1, 0.15) is 12.6 Å². The van der Waals surface area contributed by atoms with Crippen LogP contribution in [0, 0.1) is 12.7 Å². The van der Waals surface area contributed by atoms with Crippen LogP contribution >= 0.6 is 0 Å². The molecule has 1 aromatic carbocycles. The highest BCUT2D eigenvalue weighted by molar-refractivity contribution is 5.90. The third kappa shape index (κ3) is 4.52. The second-order valence-electron chi connectivity index (χ2n) is 7.66. The first-order chi connectivity index (χ1) is 14.9. The number of carbonyl (C=O) groups is 2. The number of carbonyl (C=O) groups excluding carboxylic acids is 2. The molecule has 31 heavy (non-hydrogen) atoms. The van der Waals surface area contributed by atoms with Crippen molar-refractivity contribution >= 4 is 29.1 Å². The van der Waals surface area contributed by atoms with Crippen molar-refractivity contribution in [3.8, 4) is 0 Å². The van der Waals surface area contributed by atoms with E-state index in [9.17, 15) is 14.0 Å². The average Bonchev–Trinajstić information content (AvgIpc) is 3.13. The zero-order chi connectivity index (χ0) is 22.0. The van der Waals surface area contributed by atoms with Gasteiger partial charge < -0.3 is 19.9 Å². The second kappa shape index (κ2) is 8.75. The van der Waals surface area contributed by atoms with Gasteiger partial charge in [0.15, 0.2) is 0 Å². The molecule has 2 aliphatic heterocycles. The predicted molar refractivity (Wildman–Crippen MR) is 114 cm³/mol. The van der Waals surface area contributed by atoms with Crippen molar-refractivity contribution in [2.75, 3.05) is 54.0 Å². The van der Waals surface area contributed by atoms with Crippen molar-refractivity contribution in [2.45, 2.75) is 20.0 Å². The Hall–Kier alpha value is -3.43. The molecular formula is C21H25FN6O3. The summed E-state index contributed by atoms with van der Waals surface area (Å²) in [5.74, 6) is -0.580. The van der Waals surface area contributed by atoms with E-state index >= 15 is 0 Å². The number of ether oxygens (including phenoxy) is 1. The summed E-state index contributed by atoms with van der Waals surface area (Å²) in [6, 6.07) is 4.78. The highest BCUT2D eigenvalue weighted by atomic mass is 19.1. The number of benzene rings is 1. The summed E-state index contributed by atoms with van der Waals surface area (Å²) < 4.78 is 20.2. The molecule has 2 aromatic rings. The van der Waals surface area contributed by atoms with E-state index in [4.69, 9.17) is 4.74 Å². The first-order valence-corrected chi connectivity index (χ1v) is 10.2. The third-order valence-electron chi connectivity index (χ3n) is 5.54. The normalized spacial score (nSPS) is 18.9. The Morgan fingerprint density at radius 3 is 2.58 bits per heavy atom. The molecule has 10 heteroatoms. The Bertz CT molecular complexity index is 979. The SMILES string of the molecule is CC(=O)NC[C@H]1CN(c2ccc(N3CCN(c4cncnc4C)CC3)c(F)c2)C(=O)O1. The molecule has 1 aromatic heterocycles. The Kier molecular flexibility index (Phi) is 5.88. The number of aryl methyl sites for hydroxylation is 1. The molecule has 2 saturated heterocycles. The van der Waals surface area contributed by atoms with Crippen LogP contribution in [0.15, 0.2) is 30.7 Å². The smallest absolute Gasteiger partial charge is 0.414 e. The van der Waals surface area contributed by atoms with Gasteiger partial charge in [0.05, 0.1) is 42.0 Å². The molecule has 164 valence electrons. The average molecular weight is 428 g/mol. The minimum Gasteiger partial charge on any atom is -0.442 e. The van der Waals surface area contributed by atoms with E-state index in [-0.39, 0.29) is 24.8 Å². The maximum absolute atomic E-state index is 14.9. The van der Waals surface area contributed by atoms with E-state index in [1.807, 2.05) is 18.0 Å². The molecule has 0 spiro atoms. The van der Waals surface area contributed by atoms with E-state index in [1.165, 1.54) is 24.2 Å². The molecular weight excluding hydrogens is 403 g/mol. The van der Waals surface area contributed by atoms with Crippen LogP contribution in [0.4, 0.5) is 26.2 Å². The summed E-state index contributed by atoms with van der Waals surface area (Å²) in [6.07, 6.45) is 2.33. The number of nitrogens with zero attached hydrogens (tertiary/aromatic N) is 5. The molecule has 1 atom stereocenters. The lowest BCUT2D eigenvalue weighted by Crippen LogP contribution is -2.47. The molecule has 0 radical (unpaired) electrons. The molecule has 4 rings (SSSR count). The van der Waals surface area contributed by atoms with Crippen LogP contribution in [0.25, 0.3) is 0 Å². The Labute approximate surface area is 179 Å². The standard InChI is InChI=1S/C21H25FN6O3/c1-14-20(11-23-13-25-14)27-7-5-26(6-8-27)19-4-3-16(9-18(19)22)28-12-17(31-21(28)30)10-24-15(2)29/h3-4,9,11,13,17H,5-8,10,12H2,1-2H3,(H,24,29)/t17-/m0/s1. The first-order valence-electron chi connectivity index (χ1n) is 10.2. The molecule has 9 nitrogen and oxygen atoms in total. The van der Waals surface area contributed by atoms with Crippen LogP contribution in [-0.4, -0.2) is 67.3 Å². The van der Waals surface area contributed by atoms with Crippen LogP contribution in [0.2, 0.25) is 0 Å². The summed E-state index contributed by atoms with van der Waals surface area (Å²) in [6.45, 7) is 6.63. The lowest BCUT2D eigenvalue weighted by Gasteiger charge is -2.37. The number of amides is 2. The van der Waals surface area contributed by atoms with Crippen molar-refractivity contribution in [3.63, 3.8) is 0 Å². The maximum atomic E-state index is 14.9. The van der Waals surface area contributed by atoms with Gasteiger partial charge in [-0.3, -0.25) is 9.69 Å². The highest BCUT2D eigenvalue weighted by Gasteiger charge is 2.33. The topological polar surface area (TPSA) is 90.9 Å². The number of rotatable bonds is 5. The number of hydrogen-bond donors (Lipinski definition) is 1. The van der Waals surface area contributed by atoms with Crippen LogP contribution < -0.4 is 20.0 Å². The van der Waals surface area contributed by atoms with Gasteiger partial charge in [-0.05, 0) is 25.1 Å². The van der Waals surface area contributed by atoms with Gasteiger partial charge in [0, 0.05) is 33.1 Å². The Balaban J connectivity index is 1.40. The zero-order valence-electron chi connectivity index (χ0n) is 17.5. The predicted octanol–water partition coefficient (Wildman–Crippen LogP) is 1.71. The minimum absolute atomic E-state index is 0.194. The van der Waals surface area contributed by atoms with Crippen molar-refractivity contribution in [1.82, 2.24) is 15.3 Å². The molecule has 0 unspecified atom stereocenters. The fourth-order valence-corrected chi connectivity index (χ4v) is 3.90. The van der Waals surface area contributed by atoms with Crippen molar-refractivity contribution in [2.24, 2.45) is 0 Å². The molecule has 2 amide bonds. The van der Waals surface area contributed by atoms with Crippen LogP contribution in [0.3, 0.4) is 0 Å². The molecule has 2 fully saturated rings. The van der Waals surface area contributed by atoms with Gasteiger partial charge in [0.2, 0.25) is 5.91 Å². The van der Waals surface area contributed by atoms with Gasteiger partial charge >= 0.3 is 6.09 Å². The van der Waals surface area contributed by atoms with E-state index in [1.54, 1.807) is 12.1 Å². The quantitative estimate of drug-likeness (QED) is 0.775. The van der Waals surface area contributed by atoms with Crippen molar-refractivity contribution < 1.29 is 18.7 Å². The minimum atomic E-state index is -0.545. The van der Waals surface area contributed by atoms with Gasteiger partial charge in [-0.1, -0.05) is 0 Å². The Morgan fingerprint density at radius 1 is 1.23 bits per heavy atom. The van der Waals surface area contributed by atoms with E-state index in [2.05, 4.69) is 20.2 Å². The maximum Gasteiger partial charge on any atom is 0.414 e.